The molecule has 0 spiro atoms. The molecular weight excluding hydrogens is 308 g/mol. The van der Waals surface area contributed by atoms with Gasteiger partial charge in [0.05, 0.1) is 10.0 Å². The van der Waals surface area contributed by atoms with E-state index in [-0.39, 0.29) is 10.0 Å². The third kappa shape index (κ3) is 3.53. The van der Waals surface area contributed by atoms with Crippen molar-refractivity contribution in [2.24, 2.45) is 0 Å². The summed E-state index contributed by atoms with van der Waals surface area (Å²) in [5, 5.41) is 3.78. The van der Waals surface area contributed by atoms with Crippen LogP contribution in [0.1, 0.15) is 11.1 Å². The van der Waals surface area contributed by atoms with Gasteiger partial charge >= 0.3 is 0 Å². The van der Waals surface area contributed by atoms with Gasteiger partial charge in [0.25, 0.3) is 0 Å². The van der Waals surface area contributed by atoms with E-state index in [0.717, 1.165) is 11.1 Å². The summed E-state index contributed by atoms with van der Waals surface area (Å²) < 4.78 is 13.3. The van der Waals surface area contributed by atoms with E-state index in [2.05, 4.69) is 5.32 Å². The lowest BCUT2D eigenvalue weighted by atomic mass is 10.1. The minimum absolute atomic E-state index is 0.00926. The Hall–Kier alpha value is -0.960. The van der Waals surface area contributed by atoms with Crippen LogP contribution in [0.25, 0.3) is 0 Å². The molecule has 0 fully saturated rings. The highest BCUT2D eigenvalue weighted by Gasteiger charge is 2.08. The van der Waals surface area contributed by atoms with Gasteiger partial charge in [-0.3, -0.25) is 0 Å². The van der Waals surface area contributed by atoms with Crippen molar-refractivity contribution >= 4 is 40.5 Å². The first-order valence-corrected chi connectivity index (χ1v) is 6.74. The van der Waals surface area contributed by atoms with Gasteiger partial charge in [-0.05, 0) is 36.2 Å². The molecule has 0 atom stereocenters. The maximum absolute atomic E-state index is 13.3. The fourth-order valence-electron chi connectivity index (χ4n) is 1.65. The van der Waals surface area contributed by atoms with Crippen molar-refractivity contribution < 1.29 is 4.39 Å². The minimum Gasteiger partial charge on any atom is -0.381 e. The first-order chi connectivity index (χ1) is 8.97. The topological polar surface area (TPSA) is 12.0 Å². The van der Waals surface area contributed by atoms with E-state index in [1.54, 1.807) is 0 Å². The molecule has 0 aliphatic rings. The molecule has 0 heterocycles. The molecule has 0 radical (unpaired) electrons. The van der Waals surface area contributed by atoms with Crippen molar-refractivity contribution in [2.45, 2.75) is 13.5 Å². The second-order valence-electron chi connectivity index (χ2n) is 4.20. The summed E-state index contributed by atoms with van der Waals surface area (Å²) in [6.07, 6.45) is 0. The molecule has 0 bridgehead atoms. The van der Waals surface area contributed by atoms with E-state index in [0.29, 0.717) is 17.3 Å². The Balaban J connectivity index is 2.14. The van der Waals surface area contributed by atoms with Crippen LogP contribution in [0.2, 0.25) is 15.1 Å². The van der Waals surface area contributed by atoms with Crippen molar-refractivity contribution in [3.63, 3.8) is 0 Å². The standard InChI is InChI=1S/C14H11Cl3FN/c1-8-2-3-9(11(15)4-8)7-19-10-5-12(16)14(18)13(17)6-10/h2-6,19H,7H2,1H3. The first-order valence-electron chi connectivity index (χ1n) is 5.61. The fourth-order valence-corrected chi connectivity index (χ4v) is 2.44. The molecule has 1 N–H and O–H groups in total. The van der Waals surface area contributed by atoms with Crippen LogP contribution in [0.15, 0.2) is 30.3 Å². The Morgan fingerprint density at radius 1 is 1.00 bits per heavy atom. The highest BCUT2D eigenvalue weighted by Crippen LogP contribution is 2.28. The summed E-state index contributed by atoms with van der Waals surface area (Å²) in [5.41, 5.74) is 2.69. The van der Waals surface area contributed by atoms with Gasteiger partial charge in [-0.2, -0.15) is 0 Å². The number of halogens is 4. The second kappa shape index (κ2) is 6.00. The molecule has 2 rings (SSSR count). The van der Waals surface area contributed by atoms with Crippen molar-refractivity contribution in [1.82, 2.24) is 0 Å². The van der Waals surface area contributed by atoms with Crippen LogP contribution >= 0.6 is 34.8 Å². The van der Waals surface area contributed by atoms with Gasteiger partial charge in [0.1, 0.15) is 0 Å². The summed E-state index contributed by atoms with van der Waals surface area (Å²) in [6.45, 7) is 2.49. The molecule has 2 aromatic carbocycles. The molecule has 0 unspecified atom stereocenters. The van der Waals surface area contributed by atoms with Crippen molar-refractivity contribution in [3.05, 3.63) is 62.3 Å². The summed E-state index contributed by atoms with van der Waals surface area (Å²) in [7, 11) is 0. The third-order valence-electron chi connectivity index (χ3n) is 2.68. The second-order valence-corrected chi connectivity index (χ2v) is 5.42. The number of benzene rings is 2. The van der Waals surface area contributed by atoms with Crippen molar-refractivity contribution in [1.29, 1.82) is 0 Å². The fraction of sp³-hybridized carbons (Fsp3) is 0.143. The summed E-state index contributed by atoms with van der Waals surface area (Å²) in [5.74, 6) is -0.609. The number of hydrogen-bond donors (Lipinski definition) is 1. The smallest absolute Gasteiger partial charge is 0.160 e. The van der Waals surface area contributed by atoms with Crippen LogP contribution in [0.3, 0.4) is 0 Å². The Morgan fingerprint density at radius 2 is 1.63 bits per heavy atom. The van der Waals surface area contributed by atoms with E-state index < -0.39 is 5.82 Å². The molecule has 0 saturated carbocycles. The maximum atomic E-state index is 13.3. The average Bonchev–Trinajstić information content (AvgIpc) is 2.34. The van der Waals surface area contributed by atoms with Crippen LogP contribution in [0.5, 0.6) is 0 Å². The van der Waals surface area contributed by atoms with Gasteiger partial charge in [0.15, 0.2) is 5.82 Å². The molecule has 5 heteroatoms. The molecule has 0 aliphatic heterocycles. The normalized spacial score (nSPS) is 10.6. The van der Waals surface area contributed by atoms with E-state index in [1.165, 1.54) is 12.1 Å². The number of anilines is 1. The molecule has 19 heavy (non-hydrogen) atoms. The SMILES string of the molecule is Cc1ccc(CNc2cc(Cl)c(F)c(Cl)c2)c(Cl)c1. The Bertz CT molecular complexity index is 591. The Labute approximate surface area is 126 Å². The van der Waals surface area contributed by atoms with Crippen LogP contribution in [-0.2, 0) is 6.54 Å². The van der Waals surface area contributed by atoms with Crippen LogP contribution < -0.4 is 5.32 Å². The van der Waals surface area contributed by atoms with E-state index >= 15 is 0 Å². The zero-order chi connectivity index (χ0) is 14.0. The number of aryl methyl sites for hydroxylation is 1. The number of rotatable bonds is 3. The van der Waals surface area contributed by atoms with E-state index in [1.807, 2.05) is 25.1 Å². The number of nitrogens with one attached hydrogen (secondary N) is 1. The average molecular weight is 319 g/mol. The van der Waals surface area contributed by atoms with Gasteiger partial charge in [0, 0.05) is 17.3 Å². The zero-order valence-corrected chi connectivity index (χ0v) is 12.4. The Morgan fingerprint density at radius 3 is 2.21 bits per heavy atom. The van der Waals surface area contributed by atoms with E-state index in [4.69, 9.17) is 34.8 Å². The zero-order valence-electron chi connectivity index (χ0n) is 10.1. The quantitative estimate of drug-likeness (QED) is 0.715. The predicted molar refractivity (Wildman–Crippen MR) is 79.9 cm³/mol. The van der Waals surface area contributed by atoms with Gasteiger partial charge in [-0.15, -0.1) is 0 Å². The minimum atomic E-state index is -0.609. The summed E-state index contributed by atoms with van der Waals surface area (Å²) in [4.78, 5) is 0. The van der Waals surface area contributed by atoms with Crippen molar-refractivity contribution in [2.75, 3.05) is 5.32 Å². The number of hydrogen-bond acceptors (Lipinski definition) is 1. The van der Waals surface area contributed by atoms with Gasteiger partial charge < -0.3 is 5.32 Å². The first kappa shape index (κ1) is 14.4. The highest BCUT2D eigenvalue weighted by molar-refractivity contribution is 6.35. The third-order valence-corrected chi connectivity index (χ3v) is 3.58. The lowest BCUT2D eigenvalue weighted by Crippen LogP contribution is -2.00. The lowest BCUT2D eigenvalue weighted by molar-refractivity contribution is 0.629. The maximum Gasteiger partial charge on any atom is 0.160 e. The van der Waals surface area contributed by atoms with Gasteiger partial charge in [-0.1, -0.05) is 46.9 Å². The van der Waals surface area contributed by atoms with Crippen LogP contribution in [0.4, 0.5) is 10.1 Å². The molecule has 0 aromatic heterocycles. The molecule has 0 amide bonds. The van der Waals surface area contributed by atoms with E-state index in [9.17, 15) is 4.39 Å². The molecule has 0 saturated heterocycles. The van der Waals surface area contributed by atoms with Crippen LogP contribution in [0, 0.1) is 12.7 Å². The monoisotopic (exact) mass is 317 g/mol. The lowest BCUT2D eigenvalue weighted by Gasteiger charge is -2.10. The molecule has 1 nitrogen and oxygen atoms in total. The van der Waals surface area contributed by atoms with Crippen molar-refractivity contribution in [3.8, 4) is 0 Å². The van der Waals surface area contributed by atoms with Crippen LogP contribution in [-0.4, -0.2) is 0 Å². The summed E-state index contributed by atoms with van der Waals surface area (Å²) >= 11 is 17.6. The Kier molecular flexibility index (Phi) is 4.56. The predicted octanol–water partition coefficient (Wildman–Crippen LogP) is 5.71. The molecule has 2 aromatic rings. The molecule has 100 valence electrons. The van der Waals surface area contributed by atoms with Gasteiger partial charge in [-0.25, -0.2) is 4.39 Å². The summed E-state index contributed by atoms with van der Waals surface area (Å²) in [6, 6.07) is 8.80. The van der Waals surface area contributed by atoms with Gasteiger partial charge in [0.2, 0.25) is 0 Å². The highest BCUT2D eigenvalue weighted by atomic mass is 35.5. The molecular formula is C14H11Cl3FN. The largest absolute Gasteiger partial charge is 0.381 e. The molecule has 0 aliphatic carbocycles.